The van der Waals surface area contributed by atoms with Gasteiger partial charge < -0.3 is 10.3 Å². The first-order valence-corrected chi connectivity index (χ1v) is 4.70. The largest absolute Gasteiger partial charge is 0.455 e. The van der Waals surface area contributed by atoms with Crippen LogP contribution in [0.3, 0.4) is 0 Å². The quantitative estimate of drug-likeness (QED) is 0.877. The molecule has 0 radical (unpaired) electrons. The Balaban J connectivity index is 2.27. The molecular formula is C10H8F3N3O. The van der Waals surface area contributed by atoms with Crippen molar-refractivity contribution in [3.05, 3.63) is 47.6 Å². The summed E-state index contributed by atoms with van der Waals surface area (Å²) in [6.45, 7) is 0. The van der Waals surface area contributed by atoms with Gasteiger partial charge in [-0.25, -0.2) is 0 Å². The van der Waals surface area contributed by atoms with Gasteiger partial charge in [-0.05, 0) is 5.56 Å². The van der Waals surface area contributed by atoms with E-state index < -0.39 is 18.0 Å². The van der Waals surface area contributed by atoms with Crippen LogP contribution in [0.5, 0.6) is 0 Å². The van der Waals surface area contributed by atoms with Crippen LogP contribution in [-0.2, 0) is 6.18 Å². The van der Waals surface area contributed by atoms with Crippen LogP contribution in [-0.4, -0.2) is 10.1 Å². The molecule has 1 aromatic carbocycles. The van der Waals surface area contributed by atoms with E-state index in [9.17, 15) is 13.2 Å². The number of halogens is 3. The zero-order valence-corrected chi connectivity index (χ0v) is 8.48. The van der Waals surface area contributed by atoms with Crippen molar-refractivity contribution in [3.63, 3.8) is 0 Å². The van der Waals surface area contributed by atoms with Gasteiger partial charge in [-0.1, -0.05) is 35.5 Å². The first-order valence-electron chi connectivity index (χ1n) is 4.70. The average molecular weight is 243 g/mol. The smallest absolute Gasteiger partial charge is 0.337 e. The molecule has 0 spiro atoms. The lowest BCUT2D eigenvalue weighted by atomic mass is 10.1. The number of nitrogens with two attached hydrogens (primary N) is 1. The first-order chi connectivity index (χ1) is 7.98. The number of aromatic nitrogens is 2. The predicted octanol–water partition coefficient (Wildman–Crippen LogP) is 2.14. The highest BCUT2D eigenvalue weighted by atomic mass is 19.4. The van der Waals surface area contributed by atoms with Crippen molar-refractivity contribution >= 4 is 0 Å². The van der Waals surface area contributed by atoms with Gasteiger partial charge in [0.25, 0.3) is 5.82 Å². The molecule has 0 amide bonds. The molecule has 0 unspecified atom stereocenters. The Hall–Kier alpha value is -1.89. The molecule has 0 aliphatic rings. The second kappa shape index (κ2) is 4.17. The summed E-state index contributed by atoms with van der Waals surface area (Å²) in [6, 6.07) is 7.68. The molecule has 90 valence electrons. The highest BCUT2D eigenvalue weighted by Gasteiger charge is 2.37. The normalized spacial score (nSPS) is 13.6. The van der Waals surface area contributed by atoms with Crippen LogP contribution in [0.25, 0.3) is 0 Å². The van der Waals surface area contributed by atoms with Gasteiger partial charge in [-0.3, -0.25) is 0 Å². The van der Waals surface area contributed by atoms with Crippen LogP contribution in [0.2, 0.25) is 0 Å². The van der Waals surface area contributed by atoms with Gasteiger partial charge in [0.1, 0.15) is 6.04 Å². The van der Waals surface area contributed by atoms with E-state index in [0.717, 1.165) is 0 Å². The Labute approximate surface area is 94.2 Å². The maximum Gasteiger partial charge on any atom is 0.455 e. The summed E-state index contributed by atoms with van der Waals surface area (Å²) in [5.74, 6) is -1.58. The van der Waals surface area contributed by atoms with E-state index in [1.807, 2.05) is 0 Å². The summed E-state index contributed by atoms with van der Waals surface area (Å²) in [5, 5.41) is 2.84. The van der Waals surface area contributed by atoms with E-state index in [2.05, 4.69) is 14.7 Å². The standard InChI is InChI=1S/C10H8F3N3O/c11-10(12,13)9-15-8(17-16-9)7(14)6-4-2-1-3-5-6/h1-5,7H,14H2/t7-/m0/s1. The molecule has 0 aliphatic heterocycles. The molecule has 2 N–H and O–H groups in total. The Kier molecular flexibility index (Phi) is 2.84. The maximum atomic E-state index is 12.2. The lowest BCUT2D eigenvalue weighted by molar-refractivity contribution is -0.146. The van der Waals surface area contributed by atoms with Crippen molar-refractivity contribution in [2.75, 3.05) is 0 Å². The summed E-state index contributed by atoms with van der Waals surface area (Å²) in [4.78, 5) is 3.23. The van der Waals surface area contributed by atoms with E-state index in [0.29, 0.717) is 5.56 Å². The Morgan fingerprint density at radius 3 is 2.35 bits per heavy atom. The molecule has 2 aromatic rings. The van der Waals surface area contributed by atoms with E-state index in [4.69, 9.17) is 5.73 Å². The summed E-state index contributed by atoms with van der Waals surface area (Å²) < 4.78 is 41.2. The van der Waals surface area contributed by atoms with Crippen molar-refractivity contribution in [3.8, 4) is 0 Å². The summed E-state index contributed by atoms with van der Waals surface area (Å²) in [6.07, 6.45) is -4.63. The molecule has 0 aliphatic carbocycles. The van der Waals surface area contributed by atoms with Crippen molar-refractivity contribution in [1.29, 1.82) is 0 Å². The molecule has 0 saturated heterocycles. The summed E-state index contributed by atoms with van der Waals surface area (Å²) in [5.41, 5.74) is 6.31. The van der Waals surface area contributed by atoms with Gasteiger partial charge in [0.15, 0.2) is 0 Å². The molecule has 1 atom stereocenters. The number of nitrogens with zero attached hydrogens (tertiary/aromatic N) is 2. The summed E-state index contributed by atoms with van der Waals surface area (Å²) in [7, 11) is 0. The molecule has 0 fully saturated rings. The van der Waals surface area contributed by atoms with Gasteiger partial charge in [-0.15, -0.1) is 0 Å². The fourth-order valence-electron chi connectivity index (χ4n) is 1.28. The lowest BCUT2D eigenvalue weighted by Gasteiger charge is -2.05. The van der Waals surface area contributed by atoms with Gasteiger partial charge in [0.2, 0.25) is 5.89 Å². The number of hydrogen-bond donors (Lipinski definition) is 1. The maximum absolute atomic E-state index is 12.2. The number of rotatable bonds is 2. The van der Waals surface area contributed by atoms with Crippen molar-refractivity contribution in [2.45, 2.75) is 12.2 Å². The Bertz CT molecular complexity index is 495. The molecule has 2 rings (SSSR count). The highest BCUT2D eigenvalue weighted by Crippen LogP contribution is 2.28. The number of alkyl halides is 3. The van der Waals surface area contributed by atoms with Gasteiger partial charge in [0, 0.05) is 0 Å². The molecule has 4 nitrogen and oxygen atoms in total. The molecular weight excluding hydrogens is 235 g/mol. The molecule has 0 bridgehead atoms. The van der Waals surface area contributed by atoms with E-state index >= 15 is 0 Å². The molecule has 1 heterocycles. The number of hydrogen-bond acceptors (Lipinski definition) is 4. The zero-order valence-electron chi connectivity index (χ0n) is 8.48. The fraction of sp³-hybridized carbons (Fsp3) is 0.200. The van der Waals surface area contributed by atoms with Crippen LogP contribution in [0.1, 0.15) is 23.3 Å². The molecule has 0 saturated carbocycles. The fourth-order valence-corrected chi connectivity index (χ4v) is 1.28. The summed E-state index contributed by atoms with van der Waals surface area (Å²) >= 11 is 0. The topological polar surface area (TPSA) is 64.9 Å². The highest BCUT2D eigenvalue weighted by molar-refractivity contribution is 5.23. The van der Waals surface area contributed by atoms with Crippen molar-refractivity contribution < 1.29 is 17.7 Å². The van der Waals surface area contributed by atoms with E-state index in [-0.39, 0.29) is 5.89 Å². The third-order valence-corrected chi connectivity index (χ3v) is 2.12. The Morgan fingerprint density at radius 2 is 1.82 bits per heavy atom. The molecule has 17 heavy (non-hydrogen) atoms. The SMILES string of the molecule is N[C@@H](c1ccccc1)c1nc(C(F)(F)F)no1. The number of benzene rings is 1. The monoisotopic (exact) mass is 243 g/mol. The molecule has 7 heteroatoms. The van der Waals surface area contributed by atoms with E-state index in [1.54, 1.807) is 30.3 Å². The van der Waals surface area contributed by atoms with Crippen LogP contribution in [0, 0.1) is 0 Å². The minimum Gasteiger partial charge on any atom is -0.337 e. The van der Waals surface area contributed by atoms with Gasteiger partial charge in [-0.2, -0.15) is 18.2 Å². The average Bonchev–Trinajstić information content (AvgIpc) is 2.78. The van der Waals surface area contributed by atoms with Gasteiger partial charge >= 0.3 is 6.18 Å². The molecule has 1 aromatic heterocycles. The first kappa shape index (κ1) is 11.6. The second-order valence-corrected chi connectivity index (χ2v) is 3.34. The van der Waals surface area contributed by atoms with Crippen LogP contribution >= 0.6 is 0 Å². The van der Waals surface area contributed by atoms with Crippen LogP contribution < -0.4 is 5.73 Å². The zero-order chi connectivity index (χ0) is 12.5. The van der Waals surface area contributed by atoms with Crippen LogP contribution in [0.4, 0.5) is 13.2 Å². The third-order valence-electron chi connectivity index (χ3n) is 2.12. The Morgan fingerprint density at radius 1 is 1.18 bits per heavy atom. The van der Waals surface area contributed by atoms with Gasteiger partial charge in [0.05, 0.1) is 0 Å². The van der Waals surface area contributed by atoms with Crippen LogP contribution in [0.15, 0.2) is 34.9 Å². The minimum absolute atomic E-state index is 0.261. The van der Waals surface area contributed by atoms with Crippen molar-refractivity contribution in [2.24, 2.45) is 5.73 Å². The minimum atomic E-state index is -4.63. The lowest BCUT2D eigenvalue weighted by Crippen LogP contribution is -2.13. The van der Waals surface area contributed by atoms with E-state index in [1.165, 1.54) is 0 Å². The second-order valence-electron chi connectivity index (χ2n) is 3.34. The third kappa shape index (κ3) is 2.44. The predicted molar refractivity (Wildman–Crippen MR) is 51.8 cm³/mol. The van der Waals surface area contributed by atoms with Crippen molar-refractivity contribution in [1.82, 2.24) is 10.1 Å².